The molecule has 4 heteroatoms. The molecule has 0 fully saturated rings. The van der Waals surface area contributed by atoms with Gasteiger partial charge in [0.2, 0.25) is 0 Å². The number of nitrogens with two attached hydrogens (primary N) is 2. The highest BCUT2D eigenvalue weighted by Crippen LogP contribution is 2.34. The van der Waals surface area contributed by atoms with Gasteiger partial charge < -0.3 is 16.6 Å². The van der Waals surface area contributed by atoms with E-state index in [1.54, 1.807) is 24.3 Å². The van der Waals surface area contributed by atoms with Crippen LogP contribution in [0.2, 0.25) is 0 Å². The van der Waals surface area contributed by atoms with Crippen LogP contribution >= 0.6 is 0 Å². The van der Waals surface area contributed by atoms with Gasteiger partial charge in [-0.1, -0.05) is 30.3 Å². The summed E-state index contributed by atoms with van der Waals surface area (Å²) >= 11 is 0. The molecule has 0 heterocycles. The molecule has 0 aliphatic carbocycles. The van der Waals surface area contributed by atoms with Gasteiger partial charge in [0.25, 0.3) is 0 Å². The highest BCUT2D eigenvalue weighted by molar-refractivity contribution is 5.90. The van der Waals surface area contributed by atoms with Crippen molar-refractivity contribution in [2.24, 2.45) is 0 Å². The maximum Gasteiger partial charge on any atom is 0.335 e. The molecule has 0 atom stereocenters. The zero-order chi connectivity index (χ0) is 16.4. The molecule has 0 radical (unpaired) electrons. The molecule has 0 bridgehead atoms. The highest BCUT2D eigenvalue weighted by Gasteiger charge is 2.09. The van der Waals surface area contributed by atoms with Crippen LogP contribution in [0.3, 0.4) is 0 Å². The zero-order valence-electron chi connectivity index (χ0n) is 12.4. The molecule has 3 rings (SSSR count). The quantitative estimate of drug-likeness (QED) is 0.640. The van der Waals surface area contributed by atoms with Crippen molar-refractivity contribution in [3.63, 3.8) is 0 Å². The molecule has 0 aliphatic heterocycles. The standard InChI is InChI=1S/C19H16N2O2/c20-15-7-5-12(6-8-15)17-10-9-16(21)11-18(17)13-1-3-14(4-2-13)19(22)23/h1-11H,20-21H2,(H,22,23). The van der Waals surface area contributed by atoms with Gasteiger partial charge in [-0.25, -0.2) is 4.79 Å². The number of rotatable bonds is 3. The van der Waals surface area contributed by atoms with E-state index in [1.165, 1.54) is 0 Å². The molecule has 4 nitrogen and oxygen atoms in total. The van der Waals surface area contributed by atoms with Crippen molar-refractivity contribution in [1.82, 2.24) is 0 Å². The summed E-state index contributed by atoms with van der Waals surface area (Å²) in [5.41, 5.74) is 17.2. The fourth-order valence-corrected chi connectivity index (χ4v) is 2.51. The van der Waals surface area contributed by atoms with Crippen LogP contribution in [0.25, 0.3) is 22.3 Å². The first-order chi connectivity index (χ1) is 11.0. The Morgan fingerprint density at radius 2 is 1.22 bits per heavy atom. The number of carbonyl (C=O) groups is 1. The first kappa shape index (κ1) is 14.7. The molecule has 0 spiro atoms. The number of nitrogen functional groups attached to an aromatic ring is 2. The highest BCUT2D eigenvalue weighted by atomic mass is 16.4. The van der Waals surface area contributed by atoms with Crippen molar-refractivity contribution in [2.45, 2.75) is 0 Å². The van der Waals surface area contributed by atoms with Crippen molar-refractivity contribution in [3.05, 3.63) is 72.3 Å². The Morgan fingerprint density at radius 3 is 1.83 bits per heavy atom. The smallest absolute Gasteiger partial charge is 0.335 e. The normalized spacial score (nSPS) is 10.4. The van der Waals surface area contributed by atoms with Crippen LogP contribution in [0, 0.1) is 0 Å². The average molecular weight is 304 g/mol. The topological polar surface area (TPSA) is 89.3 Å². The second kappa shape index (κ2) is 5.85. The second-order valence-electron chi connectivity index (χ2n) is 5.31. The molecule has 0 aromatic heterocycles. The summed E-state index contributed by atoms with van der Waals surface area (Å²) in [6.45, 7) is 0. The molecule has 114 valence electrons. The first-order valence-corrected chi connectivity index (χ1v) is 7.14. The number of carboxylic acid groups (broad SMARTS) is 1. The van der Waals surface area contributed by atoms with Crippen molar-refractivity contribution >= 4 is 17.3 Å². The minimum Gasteiger partial charge on any atom is -0.478 e. The Balaban J connectivity index is 2.12. The fraction of sp³-hybridized carbons (Fsp3) is 0. The predicted octanol–water partition coefficient (Wildman–Crippen LogP) is 3.88. The number of benzene rings is 3. The summed E-state index contributed by atoms with van der Waals surface area (Å²) < 4.78 is 0. The average Bonchev–Trinajstić information content (AvgIpc) is 2.56. The molecule has 0 saturated heterocycles. The number of hydrogen-bond donors (Lipinski definition) is 3. The van der Waals surface area contributed by atoms with Gasteiger partial charge in [-0.15, -0.1) is 0 Å². The lowest BCUT2D eigenvalue weighted by Gasteiger charge is -2.12. The van der Waals surface area contributed by atoms with Crippen molar-refractivity contribution in [2.75, 3.05) is 11.5 Å². The molecular formula is C19H16N2O2. The van der Waals surface area contributed by atoms with E-state index in [0.717, 1.165) is 22.3 Å². The van der Waals surface area contributed by atoms with Gasteiger partial charge in [0.05, 0.1) is 5.56 Å². The Labute approximate surface area is 134 Å². The Hall–Kier alpha value is -3.27. The van der Waals surface area contributed by atoms with E-state index in [0.29, 0.717) is 11.4 Å². The van der Waals surface area contributed by atoms with Gasteiger partial charge in [-0.3, -0.25) is 0 Å². The molecule has 3 aromatic carbocycles. The van der Waals surface area contributed by atoms with Crippen LogP contribution in [0.1, 0.15) is 10.4 Å². The van der Waals surface area contributed by atoms with E-state index in [9.17, 15) is 4.79 Å². The minimum atomic E-state index is -0.942. The molecule has 5 N–H and O–H groups in total. The molecule has 0 saturated carbocycles. The van der Waals surface area contributed by atoms with Crippen molar-refractivity contribution < 1.29 is 9.90 Å². The predicted molar refractivity (Wildman–Crippen MR) is 93.1 cm³/mol. The summed E-state index contributed by atoms with van der Waals surface area (Å²) in [5.74, 6) is -0.942. The summed E-state index contributed by atoms with van der Waals surface area (Å²) in [6.07, 6.45) is 0. The molecule has 0 amide bonds. The van der Waals surface area contributed by atoms with Gasteiger partial charge in [-0.05, 0) is 58.7 Å². The van der Waals surface area contributed by atoms with Crippen LogP contribution in [0.4, 0.5) is 11.4 Å². The van der Waals surface area contributed by atoms with Crippen molar-refractivity contribution in [3.8, 4) is 22.3 Å². The first-order valence-electron chi connectivity index (χ1n) is 7.14. The maximum atomic E-state index is 11.0. The van der Waals surface area contributed by atoms with Gasteiger partial charge in [0.1, 0.15) is 0 Å². The lowest BCUT2D eigenvalue weighted by atomic mass is 9.93. The van der Waals surface area contributed by atoms with Gasteiger partial charge in [0, 0.05) is 11.4 Å². The third-order valence-corrected chi connectivity index (χ3v) is 3.71. The molecule has 0 aliphatic rings. The Kier molecular flexibility index (Phi) is 3.73. The Morgan fingerprint density at radius 1 is 0.696 bits per heavy atom. The lowest BCUT2D eigenvalue weighted by molar-refractivity contribution is 0.0697. The lowest BCUT2D eigenvalue weighted by Crippen LogP contribution is -1.96. The number of aromatic carboxylic acids is 1. The zero-order valence-corrected chi connectivity index (χ0v) is 12.4. The van der Waals surface area contributed by atoms with Crippen LogP contribution in [0.5, 0.6) is 0 Å². The van der Waals surface area contributed by atoms with Gasteiger partial charge >= 0.3 is 5.97 Å². The Bertz CT molecular complexity index is 854. The van der Waals surface area contributed by atoms with Crippen LogP contribution in [-0.2, 0) is 0 Å². The number of carboxylic acids is 1. The van der Waals surface area contributed by atoms with Gasteiger partial charge in [0.15, 0.2) is 0 Å². The molecule has 23 heavy (non-hydrogen) atoms. The summed E-state index contributed by atoms with van der Waals surface area (Å²) in [6, 6.07) is 20.1. The maximum absolute atomic E-state index is 11.0. The third kappa shape index (κ3) is 3.01. The van der Waals surface area contributed by atoms with E-state index < -0.39 is 5.97 Å². The van der Waals surface area contributed by atoms with Crippen LogP contribution in [-0.4, -0.2) is 11.1 Å². The second-order valence-corrected chi connectivity index (χ2v) is 5.31. The monoisotopic (exact) mass is 304 g/mol. The third-order valence-electron chi connectivity index (χ3n) is 3.71. The number of hydrogen-bond acceptors (Lipinski definition) is 3. The minimum absolute atomic E-state index is 0.256. The van der Waals surface area contributed by atoms with E-state index in [4.69, 9.17) is 16.6 Å². The van der Waals surface area contributed by atoms with E-state index in [-0.39, 0.29) is 5.56 Å². The largest absolute Gasteiger partial charge is 0.478 e. The summed E-state index contributed by atoms with van der Waals surface area (Å²) in [4.78, 5) is 11.0. The van der Waals surface area contributed by atoms with Crippen LogP contribution in [0.15, 0.2) is 66.7 Å². The summed E-state index contributed by atoms with van der Waals surface area (Å²) in [7, 11) is 0. The number of anilines is 2. The van der Waals surface area contributed by atoms with E-state index >= 15 is 0 Å². The molecule has 3 aromatic rings. The van der Waals surface area contributed by atoms with Crippen molar-refractivity contribution in [1.29, 1.82) is 0 Å². The summed E-state index contributed by atoms with van der Waals surface area (Å²) in [5, 5.41) is 9.02. The molecular weight excluding hydrogens is 288 g/mol. The van der Waals surface area contributed by atoms with Crippen LogP contribution < -0.4 is 11.5 Å². The van der Waals surface area contributed by atoms with E-state index in [1.807, 2.05) is 42.5 Å². The molecule has 0 unspecified atom stereocenters. The SMILES string of the molecule is Nc1ccc(-c2ccc(N)cc2-c2ccc(C(=O)O)cc2)cc1. The fourth-order valence-electron chi connectivity index (χ4n) is 2.51. The van der Waals surface area contributed by atoms with E-state index in [2.05, 4.69) is 0 Å². The van der Waals surface area contributed by atoms with Gasteiger partial charge in [-0.2, -0.15) is 0 Å².